The molecule has 0 heterocycles. The van der Waals surface area contributed by atoms with E-state index in [9.17, 15) is 0 Å². The highest BCUT2D eigenvalue weighted by molar-refractivity contribution is 14.1. The zero-order valence-corrected chi connectivity index (χ0v) is 9.95. The summed E-state index contributed by atoms with van der Waals surface area (Å²) >= 11 is 2.27. The van der Waals surface area contributed by atoms with Crippen molar-refractivity contribution in [1.82, 2.24) is 0 Å². The Morgan fingerprint density at radius 1 is 1.23 bits per heavy atom. The number of benzene rings is 1. The third kappa shape index (κ3) is 3.42. The van der Waals surface area contributed by atoms with E-state index < -0.39 is 0 Å². The van der Waals surface area contributed by atoms with Crippen molar-refractivity contribution >= 4 is 22.6 Å². The molecule has 0 saturated heterocycles. The molecule has 3 heteroatoms. The minimum Gasteiger partial charge on any atom is -0.497 e. The molecule has 1 aromatic rings. The number of hydrogen-bond donors (Lipinski definition) is 0. The van der Waals surface area contributed by atoms with E-state index in [4.69, 9.17) is 9.47 Å². The van der Waals surface area contributed by atoms with E-state index in [1.807, 2.05) is 24.3 Å². The Labute approximate surface area is 92.4 Å². The monoisotopic (exact) mass is 292 g/mol. The first-order chi connectivity index (χ1) is 6.26. The number of methoxy groups -OCH3 is 1. The highest BCUT2D eigenvalue weighted by Crippen LogP contribution is 2.20. The highest BCUT2D eigenvalue weighted by atomic mass is 127. The second-order valence-electron chi connectivity index (χ2n) is 2.61. The summed E-state index contributed by atoms with van der Waals surface area (Å²) < 4.78 is 10.9. The van der Waals surface area contributed by atoms with E-state index in [-0.39, 0.29) is 4.11 Å². The Bertz CT molecular complexity index is 246. The number of ether oxygens (including phenoxy) is 2. The van der Waals surface area contributed by atoms with E-state index in [0.29, 0.717) is 0 Å². The Balaban J connectivity index is 2.58. The molecule has 0 saturated carbocycles. The van der Waals surface area contributed by atoms with Crippen LogP contribution < -0.4 is 9.47 Å². The molecule has 0 radical (unpaired) electrons. The number of halogens is 1. The third-order valence-corrected chi connectivity index (χ3v) is 2.78. The molecule has 0 aliphatic carbocycles. The summed E-state index contributed by atoms with van der Waals surface area (Å²) in [4.78, 5) is 0. The van der Waals surface area contributed by atoms with Crippen LogP contribution in [0.3, 0.4) is 0 Å². The van der Waals surface area contributed by atoms with Gasteiger partial charge in [-0.05, 0) is 53.3 Å². The molecule has 13 heavy (non-hydrogen) atoms. The van der Waals surface area contributed by atoms with Crippen molar-refractivity contribution < 1.29 is 9.47 Å². The SMILES string of the molecule is CCC(I)Oc1ccc(OC)cc1. The normalized spacial score (nSPS) is 12.2. The zero-order chi connectivity index (χ0) is 9.68. The molecule has 2 nitrogen and oxygen atoms in total. The third-order valence-electron chi connectivity index (χ3n) is 1.64. The van der Waals surface area contributed by atoms with Gasteiger partial charge in [-0.25, -0.2) is 0 Å². The Kier molecular flexibility index (Phi) is 4.35. The maximum absolute atomic E-state index is 5.59. The van der Waals surface area contributed by atoms with Gasteiger partial charge in [0.1, 0.15) is 15.6 Å². The van der Waals surface area contributed by atoms with Crippen LogP contribution in [0.2, 0.25) is 0 Å². The first-order valence-electron chi connectivity index (χ1n) is 4.21. The molecule has 1 atom stereocenters. The topological polar surface area (TPSA) is 18.5 Å². The van der Waals surface area contributed by atoms with Crippen LogP contribution in [-0.4, -0.2) is 11.2 Å². The average Bonchev–Trinajstić information content (AvgIpc) is 2.19. The maximum atomic E-state index is 5.59. The summed E-state index contributed by atoms with van der Waals surface area (Å²) in [5.41, 5.74) is 0. The van der Waals surface area contributed by atoms with Crippen molar-refractivity contribution in [2.24, 2.45) is 0 Å². The molecule has 0 aliphatic rings. The van der Waals surface area contributed by atoms with Crippen LogP contribution >= 0.6 is 22.6 Å². The standard InChI is InChI=1S/C10H13IO2/c1-3-10(11)13-9-6-4-8(12-2)5-7-9/h4-7,10H,3H2,1-2H3. The molecule has 1 unspecified atom stereocenters. The van der Waals surface area contributed by atoms with Gasteiger partial charge in [-0.1, -0.05) is 6.92 Å². The van der Waals surface area contributed by atoms with Crippen molar-refractivity contribution in [1.29, 1.82) is 0 Å². The smallest absolute Gasteiger partial charge is 0.149 e. The summed E-state index contributed by atoms with van der Waals surface area (Å²) in [5, 5.41) is 0. The molecular formula is C10H13IO2. The lowest BCUT2D eigenvalue weighted by atomic mass is 10.3. The summed E-state index contributed by atoms with van der Waals surface area (Å²) in [6.07, 6.45) is 1.01. The first-order valence-corrected chi connectivity index (χ1v) is 5.45. The molecule has 0 spiro atoms. The molecule has 0 N–H and O–H groups in total. The number of alkyl halides is 1. The Morgan fingerprint density at radius 2 is 1.77 bits per heavy atom. The number of rotatable bonds is 4. The van der Waals surface area contributed by atoms with Crippen molar-refractivity contribution in [3.63, 3.8) is 0 Å². The van der Waals surface area contributed by atoms with Gasteiger partial charge in [-0.2, -0.15) is 0 Å². The van der Waals surface area contributed by atoms with Crippen LogP contribution in [0.15, 0.2) is 24.3 Å². The molecule has 0 amide bonds. The molecule has 1 rings (SSSR count). The molecular weight excluding hydrogens is 279 g/mol. The fraction of sp³-hybridized carbons (Fsp3) is 0.400. The van der Waals surface area contributed by atoms with Crippen LogP contribution in [-0.2, 0) is 0 Å². The summed E-state index contributed by atoms with van der Waals surface area (Å²) in [6.45, 7) is 2.10. The van der Waals surface area contributed by atoms with Crippen LogP contribution in [0.4, 0.5) is 0 Å². The highest BCUT2D eigenvalue weighted by Gasteiger charge is 2.01. The van der Waals surface area contributed by atoms with Crippen molar-refractivity contribution in [3.8, 4) is 11.5 Å². The lowest BCUT2D eigenvalue weighted by Gasteiger charge is -2.10. The molecule has 0 aromatic heterocycles. The Morgan fingerprint density at radius 3 is 2.23 bits per heavy atom. The van der Waals surface area contributed by atoms with E-state index in [1.165, 1.54) is 0 Å². The van der Waals surface area contributed by atoms with Gasteiger partial charge >= 0.3 is 0 Å². The lowest BCUT2D eigenvalue weighted by molar-refractivity contribution is 0.298. The van der Waals surface area contributed by atoms with E-state index in [2.05, 4.69) is 29.5 Å². The molecule has 0 bridgehead atoms. The van der Waals surface area contributed by atoms with Gasteiger partial charge in [-0.3, -0.25) is 0 Å². The largest absolute Gasteiger partial charge is 0.497 e. The fourth-order valence-electron chi connectivity index (χ4n) is 0.885. The minimum atomic E-state index is 0.242. The van der Waals surface area contributed by atoms with Gasteiger partial charge in [0.2, 0.25) is 0 Å². The predicted octanol–water partition coefficient (Wildman–Crippen LogP) is 3.25. The minimum absolute atomic E-state index is 0.242. The van der Waals surface area contributed by atoms with E-state index in [0.717, 1.165) is 17.9 Å². The van der Waals surface area contributed by atoms with Gasteiger partial charge in [0.05, 0.1) is 7.11 Å². The van der Waals surface area contributed by atoms with Crippen molar-refractivity contribution in [3.05, 3.63) is 24.3 Å². The van der Waals surface area contributed by atoms with Crippen molar-refractivity contribution in [2.75, 3.05) is 7.11 Å². The number of hydrogen-bond acceptors (Lipinski definition) is 2. The van der Waals surface area contributed by atoms with Crippen LogP contribution in [0.1, 0.15) is 13.3 Å². The summed E-state index contributed by atoms with van der Waals surface area (Å²) in [5.74, 6) is 1.75. The van der Waals surface area contributed by atoms with Crippen LogP contribution in [0.25, 0.3) is 0 Å². The van der Waals surface area contributed by atoms with Crippen molar-refractivity contribution in [2.45, 2.75) is 17.5 Å². The first kappa shape index (κ1) is 10.6. The van der Waals surface area contributed by atoms with E-state index in [1.54, 1.807) is 7.11 Å². The van der Waals surface area contributed by atoms with Gasteiger partial charge in [0, 0.05) is 0 Å². The van der Waals surface area contributed by atoms with E-state index >= 15 is 0 Å². The summed E-state index contributed by atoms with van der Waals surface area (Å²) in [7, 11) is 1.66. The average molecular weight is 292 g/mol. The van der Waals surface area contributed by atoms with Gasteiger partial charge in [0.25, 0.3) is 0 Å². The maximum Gasteiger partial charge on any atom is 0.149 e. The zero-order valence-electron chi connectivity index (χ0n) is 7.79. The summed E-state index contributed by atoms with van der Waals surface area (Å²) in [6, 6.07) is 7.63. The molecule has 0 aliphatic heterocycles. The second-order valence-corrected chi connectivity index (χ2v) is 4.00. The molecule has 1 aromatic carbocycles. The molecule has 0 fully saturated rings. The predicted molar refractivity (Wildman–Crippen MR) is 61.7 cm³/mol. The second kappa shape index (κ2) is 5.32. The van der Waals surface area contributed by atoms with Crippen LogP contribution in [0, 0.1) is 0 Å². The van der Waals surface area contributed by atoms with Crippen LogP contribution in [0.5, 0.6) is 11.5 Å². The fourth-order valence-corrected chi connectivity index (χ4v) is 1.18. The lowest BCUT2D eigenvalue weighted by Crippen LogP contribution is -2.05. The quantitative estimate of drug-likeness (QED) is 0.626. The van der Waals surface area contributed by atoms with Gasteiger partial charge in [0.15, 0.2) is 0 Å². The molecule has 72 valence electrons. The van der Waals surface area contributed by atoms with Gasteiger partial charge < -0.3 is 9.47 Å². The Hall–Kier alpha value is -0.450. The van der Waals surface area contributed by atoms with Gasteiger partial charge in [-0.15, -0.1) is 0 Å².